The average molecular weight is 213 g/mol. The molecule has 2 rings (SSSR count). The Morgan fingerprint density at radius 3 is 2.14 bits per heavy atom. The summed E-state index contributed by atoms with van der Waals surface area (Å²) in [5.41, 5.74) is 2.04. The van der Waals surface area contributed by atoms with E-state index in [4.69, 9.17) is 11.6 Å². The highest BCUT2D eigenvalue weighted by Gasteiger charge is 2.04. The van der Waals surface area contributed by atoms with Crippen molar-refractivity contribution in [2.45, 2.75) is 46.5 Å². The smallest absolute Gasteiger partial charge is 0.135 e. The van der Waals surface area contributed by atoms with Crippen molar-refractivity contribution in [3.8, 4) is 0 Å². The number of nitrogens with zero attached hydrogens (tertiary/aromatic N) is 2. The van der Waals surface area contributed by atoms with Crippen LogP contribution < -0.4 is 0 Å². The highest BCUT2D eigenvalue weighted by Crippen LogP contribution is 2.15. The van der Waals surface area contributed by atoms with Crippen LogP contribution in [-0.2, 0) is 6.42 Å². The molecule has 0 spiro atoms. The molecular formula is C11H17ClN2. The van der Waals surface area contributed by atoms with Crippen molar-refractivity contribution in [2.75, 3.05) is 0 Å². The molecular weight excluding hydrogens is 196 g/mol. The molecule has 78 valence electrons. The number of hydrogen-bond donors (Lipinski definition) is 0. The van der Waals surface area contributed by atoms with Crippen LogP contribution >= 0.6 is 11.6 Å². The molecule has 1 aromatic rings. The number of rotatable bonds is 1. The molecule has 0 unspecified atom stereocenters. The van der Waals surface area contributed by atoms with Gasteiger partial charge in [-0.3, -0.25) is 0 Å². The molecule has 1 saturated carbocycles. The monoisotopic (exact) mass is 212 g/mol. The molecule has 0 saturated heterocycles. The van der Waals surface area contributed by atoms with Crippen LogP contribution in [0.4, 0.5) is 0 Å². The molecule has 0 N–H and O–H groups in total. The summed E-state index contributed by atoms with van der Waals surface area (Å²) in [7, 11) is 0. The fourth-order valence-corrected chi connectivity index (χ4v) is 1.22. The molecule has 0 amide bonds. The number of aryl methyl sites for hydroxylation is 2. The van der Waals surface area contributed by atoms with Crippen LogP contribution in [0.15, 0.2) is 0 Å². The van der Waals surface area contributed by atoms with E-state index >= 15 is 0 Å². The second kappa shape index (κ2) is 5.30. The van der Waals surface area contributed by atoms with Crippen LogP contribution in [0.25, 0.3) is 0 Å². The Balaban J connectivity index is 0.000000276. The first-order valence-electron chi connectivity index (χ1n) is 5.14. The Morgan fingerprint density at radius 2 is 1.71 bits per heavy atom. The number of aromatic nitrogens is 2. The summed E-state index contributed by atoms with van der Waals surface area (Å²) in [5, 5.41) is 0.578. The third-order valence-corrected chi connectivity index (χ3v) is 2.36. The first kappa shape index (κ1) is 11.4. The van der Waals surface area contributed by atoms with Crippen molar-refractivity contribution in [1.82, 2.24) is 9.97 Å². The van der Waals surface area contributed by atoms with Crippen molar-refractivity contribution >= 4 is 11.6 Å². The van der Waals surface area contributed by atoms with E-state index in [1.165, 1.54) is 19.3 Å². The second-order valence-electron chi connectivity index (χ2n) is 3.55. The van der Waals surface area contributed by atoms with Gasteiger partial charge in [-0.05, 0) is 20.3 Å². The molecule has 0 bridgehead atoms. The van der Waals surface area contributed by atoms with Crippen molar-refractivity contribution in [1.29, 1.82) is 0 Å². The number of halogens is 1. The summed E-state index contributed by atoms with van der Waals surface area (Å²) in [5.74, 6) is 0.748. The van der Waals surface area contributed by atoms with Crippen molar-refractivity contribution in [3.63, 3.8) is 0 Å². The molecule has 1 aliphatic carbocycles. The normalized spacial score (nSPS) is 13.1. The number of hydrogen-bond acceptors (Lipinski definition) is 2. The lowest BCUT2D eigenvalue weighted by Crippen LogP contribution is -1.98. The maximum atomic E-state index is 5.85. The van der Waals surface area contributed by atoms with Gasteiger partial charge in [0.2, 0.25) is 0 Å². The molecule has 0 aromatic carbocycles. The van der Waals surface area contributed by atoms with Crippen LogP contribution in [-0.4, -0.2) is 9.97 Å². The summed E-state index contributed by atoms with van der Waals surface area (Å²) in [6.07, 6.45) is 5.41. The van der Waals surface area contributed by atoms with Crippen LogP contribution in [0, 0.1) is 13.8 Å². The lowest BCUT2D eigenvalue weighted by molar-refractivity contribution is 0.926. The van der Waals surface area contributed by atoms with E-state index in [0.29, 0.717) is 5.15 Å². The van der Waals surface area contributed by atoms with Gasteiger partial charge in [-0.25, -0.2) is 9.97 Å². The zero-order valence-corrected chi connectivity index (χ0v) is 9.86. The average Bonchev–Trinajstić information content (AvgIpc) is 2.97. The third kappa shape index (κ3) is 3.62. The van der Waals surface area contributed by atoms with E-state index in [9.17, 15) is 0 Å². The largest absolute Gasteiger partial charge is 0.238 e. The molecule has 0 aliphatic heterocycles. The minimum atomic E-state index is 0.578. The highest BCUT2D eigenvalue weighted by atomic mass is 35.5. The van der Waals surface area contributed by atoms with Gasteiger partial charge in [0.05, 0.1) is 0 Å². The first-order valence-corrected chi connectivity index (χ1v) is 5.52. The summed E-state index contributed by atoms with van der Waals surface area (Å²) >= 11 is 5.85. The van der Waals surface area contributed by atoms with E-state index in [1.54, 1.807) is 0 Å². The third-order valence-electron chi connectivity index (χ3n) is 1.99. The van der Waals surface area contributed by atoms with Crippen LogP contribution in [0.5, 0.6) is 0 Å². The summed E-state index contributed by atoms with van der Waals surface area (Å²) in [4.78, 5) is 8.29. The van der Waals surface area contributed by atoms with Gasteiger partial charge < -0.3 is 0 Å². The zero-order chi connectivity index (χ0) is 10.6. The van der Waals surface area contributed by atoms with Gasteiger partial charge in [0, 0.05) is 11.3 Å². The Labute approximate surface area is 90.7 Å². The van der Waals surface area contributed by atoms with Gasteiger partial charge in [-0.2, -0.15) is 0 Å². The van der Waals surface area contributed by atoms with Crippen molar-refractivity contribution < 1.29 is 0 Å². The predicted molar refractivity (Wildman–Crippen MR) is 59.7 cm³/mol. The van der Waals surface area contributed by atoms with Gasteiger partial charge >= 0.3 is 0 Å². The standard InChI is InChI=1S/C8H11ClN2.C3H6/c1-4-7-5(2)8(9)11-6(3)10-7;1-2-3-1/h4H2,1-3H3;1-3H2. The lowest BCUT2D eigenvalue weighted by Gasteiger charge is -2.03. The maximum absolute atomic E-state index is 5.85. The summed E-state index contributed by atoms with van der Waals surface area (Å²) in [6, 6.07) is 0. The summed E-state index contributed by atoms with van der Waals surface area (Å²) < 4.78 is 0. The molecule has 0 radical (unpaired) electrons. The molecule has 1 aliphatic rings. The Kier molecular flexibility index (Phi) is 4.33. The second-order valence-corrected chi connectivity index (χ2v) is 3.91. The maximum Gasteiger partial charge on any atom is 0.135 e. The van der Waals surface area contributed by atoms with Crippen LogP contribution in [0.2, 0.25) is 5.15 Å². The fraction of sp³-hybridized carbons (Fsp3) is 0.636. The van der Waals surface area contributed by atoms with Gasteiger partial charge in [-0.1, -0.05) is 37.8 Å². The molecule has 1 heterocycles. The molecule has 1 aromatic heterocycles. The van der Waals surface area contributed by atoms with E-state index in [0.717, 1.165) is 23.5 Å². The highest BCUT2D eigenvalue weighted by molar-refractivity contribution is 6.30. The van der Waals surface area contributed by atoms with E-state index < -0.39 is 0 Å². The van der Waals surface area contributed by atoms with Gasteiger partial charge in [-0.15, -0.1) is 0 Å². The molecule has 1 fully saturated rings. The Morgan fingerprint density at radius 1 is 1.14 bits per heavy atom. The van der Waals surface area contributed by atoms with E-state index in [1.807, 2.05) is 13.8 Å². The Bertz CT molecular complexity index is 306. The lowest BCUT2D eigenvalue weighted by atomic mass is 10.2. The molecule has 2 nitrogen and oxygen atoms in total. The SMILES string of the molecule is C1CC1.CCc1nc(C)nc(Cl)c1C. The first-order chi connectivity index (χ1) is 6.65. The van der Waals surface area contributed by atoms with Gasteiger partial charge in [0.15, 0.2) is 0 Å². The van der Waals surface area contributed by atoms with Crippen LogP contribution in [0.1, 0.15) is 43.3 Å². The molecule has 0 atom stereocenters. The minimum Gasteiger partial charge on any atom is -0.238 e. The van der Waals surface area contributed by atoms with Crippen LogP contribution in [0.3, 0.4) is 0 Å². The quantitative estimate of drug-likeness (QED) is 0.667. The molecule has 14 heavy (non-hydrogen) atoms. The topological polar surface area (TPSA) is 25.8 Å². The minimum absolute atomic E-state index is 0.578. The van der Waals surface area contributed by atoms with Crippen molar-refractivity contribution in [2.24, 2.45) is 0 Å². The fourth-order valence-electron chi connectivity index (χ4n) is 0.993. The zero-order valence-electron chi connectivity index (χ0n) is 9.10. The van der Waals surface area contributed by atoms with Gasteiger partial charge in [0.1, 0.15) is 11.0 Å². The predicted octanol–water partition coefficient (Wildman–Crippen LogP) is 3.48. The Hall–Kier alpha value is -0.630. The van der Waals surface area contributed by atoms with Gasteiger partial charge in [0.25, 0.3) is 0 Å². The summed E-state index contributed by atoms with van der Waals surface area (Å²) in [6.45, 7) is 5.86. The molecule has 3 heteroatoms. The van der Waals surface area contributed by atoms with Crippen molar-refractivity contribution in [3.05, 3.63) is 22.2 Å². The van der Waals surface area contributed by atoms with E-state index in [-0.39, 0.29) is 0 Å². The van der Waals surface area contributed by atoms with E-state index in [2.05, 4.69) is 16.9 Å².